The molecule has 0 aliphatic heterocycles. The van der Waals surface area contributed by atoms with Crippen LogP contribution in [0.4, 0.5) is 8.78 Å². The smallest absolute Gasteiger partial charge is 0.248 e. The third-order valence-electron chi connectivity index (χ3n) is 9.32. The van der Waals surface area contributed by atoms with Gasteiger partial charge >= 0.3 is 0 Å². The predicted molar refractivity (Wildman–Crippen MR) is 248 cm³/mol. The van der Waals surface area contributed by atoms with E-state index >= 15 is 4.39 Å². The number of unbranched alkanes of at least 4 members (excludes halogenated alkanes) is 1. The molecule has 3 rings (SSSR count). The Kier molecular flexibility index (Phi) is 28.1. The number of nitrogens with two attached hydrogens (primary N) is 2. The Morgan fingerprint density at radius 3 is 1.98 bits per heavy atom. The predicted octanol–water partition coefficient (Wildman–Crippen LogP) is 5.47. The summed E-state index contributed by atoms with van der Waals surface area (Å²) < 4.78 is 56.6. The summed E-state index contributed by atoms with van der Waals surface area (Å²) in [4.78, 5) is 52.0. The van der Waals surface area contributed by atoms with E-state index in [0.717, 1.165) is 23.8 Å². The van der Waals surface area contributed by atoms with E-state index in [2.05, 4.69) is 16.0 Å². The quantitative estimate of drug-likeness (QED) is 0.0704. The average Bonchev–Trinajstić information content (AvgIpc) is 3.66. The molecule has 0 fully saturated rings. The van der Waals surface area contributed by atoms with Gasteiger partial charge in [0, 0.05) is 56.1 Å². The number of carbonyl (C=O) groups excluding carboxylic acids is 4. The second kappa shape index (κ2) is 30.4. The average molecular weight is 908 g/mol. The second-order valence-corrected chi connectivity index (χ2v) is 17.4. The van der Waals surface area contributed by atoms with Gasteiger partial charge in [0.15, 0.2) is 9.84 Å². The molecule has 14 nitrogen and oxygen atoms in total. The Labute approximate surface area is 374 Å². The van der Waals surface area contributed by atoms with Gasteiger partial charge in [-0.05, 0) is 67.5 Å². The number of benzene rings is 2. The van der Waals surface area contributed by atoms with Crippen molar-refractivity contribution >= 4 is 33.5 Å². The lowest BCUT2D eigenvalue weighted by Gasteiger charge is -2.41. The van der Waals surface area contributed by atoms with Crippen molar-refractivity contribution in [1.29, 1.82) is 0 Å². The van der Waals surface area contributed by atoms with Gasteiger partial charge in [-0.15, -0.1) is 0 Å². The number of aliphatic hydroxyl groups is 1. The lowest BCUT2D eigenvalue weighted by molar-refractivity contribution is -0.140. The van der Waals surface area contributed by atoms with Gasteiger partial charge in [0.1, 0.15) is 24.3 Å². The molecule has 1 aromatic heterocycles. The standard InChI is InChI=1S/C40H57F2N7O7S.3C2H6/c1-27(51)47-34(12-8-9-16-43)39(54)46-18-21-57(55,56)20-17-45-38(53)33(44)15-19-49(36(52)26-50)37(40(2,3)4)35-22-29(31-23-30(41)13-14-32(31)42)25-48(35)24-28-10-6-5-7-11-28;3*1-2/h5-7,10-11,13-14,22-23,25,33-34,37,50H,8-9,12,15-21,24,26,43-44H2,1-4H3,(H,45,53)(H,46,54)(H,47,51);3*1-2H3/t33?,34-,37?;;;/m0.../s1. The fourth-order valence-electron chi connectivity index (χ4n) is 6.53. The zero-order valence-electron chi connectivity index (χ0n) is 39.1. The number of amides is 4. The molecule has 0 saturated carbocycles. The first kappa shape index (κ1) is 58.3. The SMILES string of the molecule is CC.CC.CC.CC(=O)N[C@@H](CCCCN)C(=O)NCCS(=O)(=O)CCNC(=O)C(N)CCN(C(=O)CO)C(c1cc(-c2cc(F)ccc2F)cn1Cc1ccccc1)C(C)(C)C. The zero-order valence-corrected chi connectivity index (χ0v) is 39.9. The Morgan fingerprint density at radius 1 is 0.857 bits per heavy atom. The number of carbonyl (C=O) groups is 4. The maximum Gasteiger partial charge on any atom is 0.248 e. The van der Waals surface area contributed by atoms with Crippen LogP contribution in [0.3, 0.4) is 0 Å². The molecular formula is C46H75F2N7O7S. The minimum atomic E-state index is -3.72. The van der Waals surface area contributed by atoms with E-state index in [1.165, 1.54) is 11.8 Å². The molecule has 0 aliphatic carbocycles. The van der Waals surface area contributed by atoms with Crippen molar-refractivity contribution in [1.82, 2.24) is 25.4 Å². The molecule has 8 N–H and O–H groups in total. The van der Waals surface area contributed by atoms with E-state index in [-0.39, 0.29) is 31.6 Å². The van der Waals surface area contributed by atoms with Crippen LogP contribution in [-0.2, 0) is 35.6 Å². The molecule has 2 aromatic carbocycles. The van der Waals surface area contributed by atoms with E-state index in [1.807, 2.05) is 97.2 Å². The highest BCUT2D eigenvalue weighted by atomic mass is 32.2. The normalized spacial score (nSPS) is 12.4. The minimum absolute atomic E-state index is 0.0332. The molecule has 0 spiro atoms. The van der Waals surface area contributed by atoms with Gasteiger partial charge in [0.2, 0.25) is 23.6 Å². The third-order valence-corrected chi connectivity index (χ3v) is 11.0. The third kappa shape index (κ3) is 20.6. The van der Waals surface area contributed by atoms with Crippen molar-refractivity contribution in [3.05, 3.63) is 83.7 Å². The van der Waals surface area contributed by atoms with E-state index in [4.69, 9.17) is 11.5 Å². The summed E-state index contributed by atoms with van der Waals surface area (Å²) in [6, 6.07) is 11.6. The van der Waals surface area contributed by atoms with Crippen molar-refractivity contribution in [3.8, 4) is 11.1 Å². The van der Waals surface area contributed by atoms with Crippen molar-refractivity contribution in [3.63, 3.8) is 0 Å². The Hall–Kier alpha value is -4.71. The number of hydrogen-bond donors (Lipinski definition) is 6. The first-order valence-corrected chi connectivity index (χ1v) is 23.8. The lowest BCUT2D eigenvalue weighted by Crippen LogP contribution is -2.48. The summed E-state index contributed by atoms with van der Waals surface area (Å²) in [7, 11) is -3.72. The first-order valence-electron chi connectivity index (χ1n) is 21.9. The molecule has 0 radical (unpaired) electrons. The molecule has 0 saturated heterocycles. The van der Waals surface area contributed by atoms with E-state index in [9.17, 15) is 37.1 Å². The van der Waals surface area contributed by atoms with Crippen molar-refractivity contribution in [2.75, 3.05) is 44.3 Å². The number of halogens is 2. The molecule has 17 heteroatoms. The molecule has 3 aromatic rings. The topological polar surface area (TPSA) is 219 Å². The number of sulfone groups is 1. The van der Waals surface area contributed by atoms with E-state index < -0.39 is 86.8 Å². The van der Waals surface area contributed by atoms with Crippen LogP contribution in [-0.4, -0.2) is 103 Å². The van der Waals surface area contributed by atoms with Gasteiger partial charge in [-0.2, -0.15) is 0 Å². The molecular weight excluding hydrogens is 833 g/mol. The Morgan fingerprint density at radius 2 is 1.44 bits per heavy atom. The molecule has 63 heavy (non-hydrogen) atoms. The molecule has 0 aliphatic rings. The summed E-state index contributed by atoms with van der Waals surface area (Å²) in [6.07, 6.45) is 3.25. The maximum absolute atomic E-state index is 15.0. The van der Waals surface area contributed by atoms with Crippen LogP contribution in [0, 0.1) is 17.0 Å². The molecule has 4 amide bonds. The monoisotopic (exact) mass is 908 g/mol. The highest BCUT2D eigenvalue weighted by molar-refractivity contribution is 7.91. The summed E-state index contributed by atoms with van der Waals surface area (Å²) in [5.74, 6) is -4.29. The van der Waals surface area contributed by atoms with Gasteiger partial charge in [0.05, 0.1) is 23.6 Å². The fourth-order valence-corrected chi connectivity index (χ4v) is 7.56. The second-order valence-electron chi connectivity index (χ2n) is 15.1. The molecule has 3 atom stereocenters. The number of aromatic nitrogens is 1. The van der Waals surface area contributed by atoms with Gasteiger partial charge in [-0.1, -0.05) is 92.6 Å². The number of hydrogen-bond acceptors (Lipinski definition) is 9. The number of nitrogens with zero attached hydrogens (tertiary/aromatic N) is 2. The molecule has 2 unspecified atom stereocenters. The van der Waals surface area contributed by atoms with Crippen LogP contribution in [0.5, 0.6) is 0 Å². The van der Waals surface area contributed by atoms with Gasteiger partial charge in [-0.3, -0.25) is 19.2 Å². The summed E-state index contributed by atoms with van der Waals surface area (Å²) in [5.41, 5.74) is 12.9. The first-order chi connectivity index (χ1) is 29.9. The van der Waals surface area contributed by atoms with Gasteiger partial charge in [-0.25, -0.2) is 17.2 Å². The summed E-state index contributed by atoms with van der Waals surface area (Å²) >= 11 is 0. The highest BCUT2D eigenvalue weighted by Crippen LogP contribution is 2.41. The highest BCUT2D eigenvalue weighted by Gasteiger charge is 2.37. The van der Waals surface area contributed by atoms with Crippen LogP contribution < -0.4 is 27.4 Å². The van der Waals surface area contributed by atoms with Crippen LogP contribution in [0.15, 0.2) is 60.8 Å². The van der Waals surface area contributed by atoms with Crippen LogP contribution in [0.25, 0.3) is 11.1 Å². The fraction of sp³-hybridized carbons (Fsp3) is 0.565. The molecule has 0 bridgehead atoms. The lowest BCUT2D eigenvalue weighted by atomic mass is 9.82. The summed E-state index contributed by atoms with van der Waals surface area (Å²) in [6.45, 7) is 18.3. The van der Waals surface area contributed by atoms with Gasteiger partial charge in [0.25, 0.3) is 0 Å². The number of nitrogens with one attached hydrogen (secondary N) is 3. The van der Waals surface area contributed by atoms with Crippen LogP contribution in [0.2, 0.25) is 0 Å². The van der Waals surface area contributed by atoms with Gasteiger partial charge < -0.3 is 42.0 Å². The minimum Gasteiger partial charge on any atom is -0.387 e. The number of rotatable bonds is 22. The zero-order chi connectivity index (χ0) is 48.3. The largest absolute Gasteiger partial charge is 0.387 e. The Bertz CT molecular complexity index is 1920. The van der Waals surface area contributed by atoms with Crippen LogP contribution >= 0.6 is 0 Å². The molecule has 356 valence electrons. The Balaban J connectivity index is 0.00000613. The van der Waals surface area contributed by atoms with Crippen molar-refractivity contribution in [2.24, 2.45) is 16.9 Å². The van der Waals surface area contributed by atoms with Crippen molar-refractivity contribution < 1.29 is 41.5 Å². The van der Waals surface area contributed by atoms with Crippen molar-refractivity contribution in [2.45, 2.75) is 120 Å². The summed E-state index contributed by atoms with van der Waals surface area (Å²) in [5, 5.41) is 17.7. The maximum atomic E-state index is 15.0. The van der Waals surface area contributed by atoms with E-state index in [1.54, 1.807) is 12.3 Å². The van der Waals surface area contributed by atoms with Crippen LogP contribution in [0.1, 0.15) is 112 Å². The number of aliphatic hydroxyl groups excluding tert-OH is 1. The molecule has 1 heterocycles. The van der Waals surface area contributed by atoms with E-state index in [0.29, 0.717) is 43.6 Å².